The fourth-order valence-electron chi connectivity index (χ4n) is 2.74. The Morgan fingerprint density at radius 1 is 1.33 bits per heavy atom. The topological polar surface area (TPSA) is 32.3 Å². The van der Waals surface area contributed by atoms with E-state index in [-0.39, 0.29) is 5.82 Å². The zero-order valence-corrected chi connectivity index (χ0v) is 10.9. The molecular formula is C15H22FNO. The van der Waals surface area contributed by atoms with Gasteiger partial charge in [-0.25, -0.2) is 4.39 Å². The van der Waals surface area contributed by atoms with Crippen LogP contribution < -0.4 is 5.32 Å². The fourth-order valence-corrected chi connectivity index (χ4v) is 2.74. The van der Waals surface area contributed by atoms with Crippen LogP contribution in [-0.4, -0.2) is 18.2 Å². The highest BCUT2D eigenvalue weighted by Gasteiger charge is 2.20. The van der Waals surface area contributed by atoms with E-state index in [0.29, 0.717) is 6.54 Å². The number of aliphatic hydroxyl groups is 1. The molecule has 2 rings (SSSR count). The van der Waals surface area contributed by atoms with E-state index in [4.69, 9.17) is 0 Å². The zero-order valence-electron chi connectivity index (χ0n) is 10.9. The van der Waals surface area contributed by atoms with Crippen LogP contribution in [0.1, 0.15) is 37.9 Å². The summed E-state index contributed by atoms with van der Waals surface area (Å²) in [5.74, 6) is 1.33. The summed E-state index contributed by atoms with van der Waals surface area (Å²) in [7, 11) is 0. The number of benzene rings is 1. The van der Waals surface area contributed by atoms with Crippen LogP contribution in [0.25, 0.3) is 0 Å². The van der Waals surface area contributed by atoms with Crippen LogP contribution in [0.2, 0.25) is 0 Å². The lowest BCUT2D eigenvalue weighted by molar-refractivity contribution is 0.172. The van der Waals surface area contributed by atoms with Gasteiger partial charge >= 0.3 is 0 Å². The molecule has 3 atom stereocenters. The molecule has 1 aliphatic carbocycles. The lowest BCUT2D eigenvalue weighted by Gasteiger charge is -2.15. The summed E-state index contributed by atoms with van der Waals surface area (Å²) in [4.78, 5) is 0. The molecule has 1 aliphatic rings. The molecule has 0 saturated heterocycles. The van der Waals surface area contributed by atoms with Gasteiger partial charge in [0.25, 0.3) is 0 Å². The Kier molecular flexibility index (Phi) is 4.72. The quantitative estimate of drug-likeness (QED) is 0.843. The van der Waals surface area contributed by atoms with E-state index in [9.17, 15) is 9.50 Å². The molecule has 100 valence electrons. The van der Waals surface area contributed by atoms with Crippen molar-refractivity contribution in [3.8, 4) is 0 Å². The minimum absolute atomic E-state index is 0.265. The van der Waals surface area contributed by atoms with E-state index in [1.54, 1.807) is 12.1 Å². The highest BCUT2D eigenvalue weighted by molar-refractivity contribution is 5.18. The fraction of sp³-hybridized carbons (Fsp3) is 0.600. The summed E-state index contributed by atoms with van der Waals surface area (Å²) >= 11 is 0. The molecule has 2 nitrogen and oxygen atoms in total. The molecule has 0 spiro atoms. The lowest BCUT2D eigenvalue weighted by atomic mass is 10.1. The highest BCUT2D eigenvalue weighted by atomic mass is 19.1. The van der Waals surface area contributed by atoms with Gasteiger partial charge < -0.3 is 10.4 Å². The average molecular weight is 251 g/mol. The van der Waals surface area contributed by atoms with Gasteiger partial charge in [-0.1, -0.05) is 25.5 Å². The van der Waals surface area contributed by atoms with E-state index >= 15 is 0 Å². The smallest absolute Gasteiger partial charge is 0.123 e. The molecule has 2 N–H and O–H groups in total. The van der Waals surface area contributed by atoms with Crippen molar-refractivity contribution >= 4 is 0 Å². The van der Waals surface area contributed by atoms with Gasteiger partial charge in [0.05, 0.1) is 6.10 Å². The molecule has 1 aromatic carbocycles. The van der Waals surface area contributed by atoms with Crippen molar-refractivity contribution in [2.45, 2.75) is 32.3 Å². The highest BCUT2D eigenvalue weighted by Crippen LogP contribution is 2.29. The van der Waals surface area contributed by atoms with Crippen LogP contribution >= 0.6 is 0 Å². The van der Waals surface area contributed by atoms with E-state index in [0.717, 1.165) is 23.9 Å². The van der Waals surface area contributed by atoms with Crippen LogP contribution in [-0.2, 0) is 0 Å². The summed E-state index contributed by atoms with van der Waals surface area (Å²) in [6.45, 7) is 3.81. The van der Waals surface area contributed by atoms with Crippen LogP contribution in [0, 0.1) is 17.7 Å². The van der Waals surface area contributed by atoms with Crippen molar-refractivity contribution in [3.63, 3.8) is 0 Å². The Morgan fingerprint density at radius 3 is 2.67 bits per heavy atom. The SMILES string of the molecule is CC1CCC(CNCC(O)c2ccc(F)cc2)C1. The van der Waals surface area contributed by atoms with E-state index in [2.05, 4.69) is 12.2 Å². The molecule has 1 fully saturated rings. The van der Waals surface area contributed by atoms with Gasteiger partial charge in [-0.2, -0.15) is 0 Å². The minimum Gasteiger partial charge on any atom is -0.387 e. The van der Waals surface area contributed by atoms with Crippen LogP contribution in [0.4, 0.5) is 4.39 Å². The van der Waals surface area contributed by atoms with Crippen molar-refractivity contribution in [1.29, 1.82) is 0 Å². The number of rotatable bonds is 5. The predicted molar refractivity (Wildman–Crippen MR) is 70.7 cm³/mol. The minimum atomic E-state index is -0.551. The van der Waals surface area contributed by atoms with E-state index < -0.39 is 6.10 Å². The Bertz CT molecular complexity index is 365. The van der Waals surface area contributed by atoms with Crippen molar-refractivity contribution in [2.75, 3.05) is 13.1 Å². The third-order valence-electron chi connectivity index (χ3n) is 3.83. The van der Waals surface area contributed by atoms with Crippen molar-refractivity contribution in [1.82, 2.24) is 5.32 Å². The van der Waals surface area contributed by atoms with Gasteiger partial charge in [-0.05, 0) is 48.9 Å². The van der Waals surface area contributed by atoms with Gasteiger partial charge in [0.15, 0.2) is 0 Å². The largest absolute Gasteiger partial charge is 0.387 e. The molecule has 1 aromatic rings. The molecule has 0 aliphatic heterocycles. The number of nitrogens with one attached hydrogen (secondary N) is 1. The van der Waals surface area contributed by atoms with Gasteiger partial charge in [-0.3, -0.25) is 0 Å². The maximum absolute atomic E-state index is 12.7. The second-order valence-electron chi connectivity index (χ2n) is 5.51. The van der Waals surface area contributed by atoms with E-state index in [1.807, 2.05) is 0 Å². The third kappa shape index (κ3) is 3.79. The van der Waals surface area contributed by atoms with E-state index in [1.165, 1.54) is 31.4 Å². The molecule has 3 unspecified atom stereocenters. The van der Waals surface area contributed by atoms with Crippen LogP contribution in [0.3, 0.4) is 0 Å². The van der Waals surface area contributed by atoms with Gasteiger partial charge in [-0.15, -0.1) is 0 Å². The summed E-state index contributed by atoms with van der Waals surface area (Å²) in [6.07, 6.45) is 3.36. The first-order valence-corrected chi connectivity index (χ1v) is 6.79. The Hall–Kier alpha value is -0.930. The van der Waals surface area contributed by atoms with Crippen LogP contribution in [0.15, 0.2) is 24.3 Å². The maximum Gasteiger partial charge on any atom is 0.123 e. The second-order valence-corrected chi connectivity index (χ2v) is 5.51. The number of hydrogen-bond acceptors (Lipinski definition) is 2. The third-order valence-corrected chi connectivity index (χ3v) is 3.83. The Morgan fingerprint density at radius 2 is 2.06 bits per heavy atom. The van der Waals surface area contributed by atoms with Crippen molar-refractivity contribution in [3.05, 3.63) is 35.6 Å². The van der Waals surface area contributed by atoms with Crippen molar-refractivity contribution in [2.24, 2.45) is 11.8 Å². The second kappa shape index (κ2) is 6.30. The molecule has 0 radical (unpaired) electrons. The Balaban J connectivity index is 1.71. The predicted octanol–water partition coefficient (Wildman–Crippen LogP) is 2.88. The molecule has 1 saturated carbocycles. The van der Waals surface area contributed by atoms with Gasteiger partial charge in [0, 0.05) is 6.54 Å². The zero-order chi connectivity index (χ0) is 13.0. The molecule has 0 bridgehead atoms. The molecule has 0 heterocycles. The van der Waals surface area contributed by atoms with Gasteiger partial charge in [0.1, 0.15) is 5.82 Å². The molecule has 18 heavy (non-hydrogen) atoms. The first-order valence-electron chi connectivity index (χ1n) is 6.79. The average Bonchev–Trinajstić information content (AvgIpc) is 2.76. The van der Waals surface area contributed by atoms with Gasteiger partial charge in [0.2, 0.25) is 0 Å². The summed E-state index contributed by atoms with van der Waals surface area (Å²) in [5, 5.41) is 13.3. The summed E-state index contributed by atoms with van der Waals surface area (Å²) in [6, 6.07) is 6.05. The van der Waals surface area contributed by atoms with Crippen LogP contribution in [0.5, 0.6) is 0 Å². The Labute approximate surface area is 108 Å². The number of aliphatic hydroxyl groups excluding tert-OH is 1. The lowest BCUT2D eigenvalue weighted by Crippen LogP contribution is -2.26. The molecule has 3 heteroatoms. The first kappa shape index (κ1) is 13.5. The monoisotopic (exact) mass is 251 g/mol. The standard InChI is InChI=1S/C15H22FNO/c1-11-2-3-12(8-11)9-17-10-15(18)13-4-6-14(16)7-5-13/h4-7,11-12,15,17-18H,2-3,8-10H2,1H3. The molecule has 0 amide bonds. The molecule has 0 aromatic heterocycles. The normalized spacial score (nSPS) is 25.3. The summed E-state index contributed by atoms with van der Waals surface area (Å²) in [5.41, 5.74) is 0.767. The summed E-state index contributed by atoms with van der Waals surface area (Å²) < 4.78 is 12.7. The van der Waals surface area contributed by atoms with Crippen molar-refractivity contribution < 1.29 is 9.50 Å². The first-order chi connectivity index (χ1) is 8.65. The maximum atomic E-state index is 12.7. The molecular weight excluding hydrogens is 229 g/mol. The number of hydrogen-bond donors (Lipinski definition) is 2. The number of halogens is 1.